The van der Waals surface area contributed by atoms with E-state index in [9.17, 15) is 4.79 Å². The average molecular weight is 377 g/mol. The highest BCUT2D eigenvalue weighted by molar-refractivity contribution is 5.92. The fourth-order valence-electron chi connectivity index (χ4n) is 2.62. The van der Waals surface area contributed by atoms with Gasteiger partial charge in [-0.15, -0.1) is 12.4 Å². The third-order valence-corrected chi connectivity index (χ3v) is 4.28. The quantitative estimate of drug-likeness (QED) is 0.664. The van der Waals surface area contributed by atoms with Gasteiger partial charge in [-0.25, -0.2) is 0 Å². The molecule has 1 atom stereocenters. The Labute approximate surface area is 162 Å². The van der Waals surface area contributed by atoms with E-state index >= 15 is 0 Å². The van der Waals surface area contributed by atoms with Crippen LogP contribution in [0.1, 0.15) is 44.2 Å². The highest BCUT2D eigenvalue weighted by atomic mass is 35.5. The standard InChI is InChI=1S/C21H28N2O2.ClH/c1-4-16(3)18-11-7-9-13-20(18)25-15-21(24)23-19-12-8-6-10-17(19)14-22-5-2;/h6-13,16,22H,4-5,14-15H2,1-3H3,(H,23,24);1H. The van der Waals surface area contributed by atoms with E-state index in [4.69, 9.17) is 4.74 Å². The molecule has 0 spiro atoms. The molecule has 2 rings (SSSR count). The lowest BCUT2D eigenvalue weighted by Crippen LogP contribution is -2.22. The molecule has 1 unspecified atom stereocenters. The van der Waals surface area contributed by atoms with E-state index in [0.29, 0.717) is 5.92 Å². The number of benzene rings is 2. The average Bonchev–Trinajstić information content (AvgIpc) is 2.65. The maximum atomic E-state index is 12.3. The van der Waals surface area contributed by atoms with Crippen LogP contribution in [0.25, 0.3) is 0 Å². The summed E-state index contributed by atoms with van der Waals surface area (Å²) in [5, 5.41) is 6.23. The SMILES string of the molecule is CCNCc1ccccc1NC(=O)COc1ccccc1C(C)CC.Cl. The Kier molecular flexibility index (Phi) is 9.78. The van der Waals surface area contributed by atoms with Gasteiger partial charge in [-0.05, 0) is 42.1 Å². The molecule has 0 aromatic heterocycles. The summed E-state index contributed by atoms with van der Waals surface area (Å²) < 4.78 is 5.79. The van der Waals surface area contributed by atoms with E-state index in [0.717, 1.165) is 42.1 Å². The number of hydrogen-bond acceptors (Lipinski definition) is 3. The minimum atomic E-state index is -0.150. The van der Waals surface area contributed by atoms with E-state index in [1.165, 1.54) is 0 Å². The van der Waals surface area contributed by atoms with Crippen molar-refractivity contribution in [3.8, 4) is 5.75 Å². The summed E-state index contributed by atoms with van der Waals surface area (Å²) in [7, 11) is 0. The van der Waals surface area contributed by atoms with Crippen molar-refractivity contribution in [3.05, 3.63) is 59.7 Å². The van der Waals surface area contributed by atoms with Crippen LogP contribution in [0.3, 0.4) is 0 Å². The molecular weight excluding hydrogens is 348 g/mol. The van der Waals surface area contributed by atoms with Crippen LogP contribution in [0.5, 0.6) is 5.75 Å². The Morgan fingerprint density at radius 3 is 2.50 bits per heavy atom. The zero-order chi connectivity index (χ0) is 18.1. The van der Waals surface area contributed by atoms with Crippen LogP contribution in [0.2, 0.25) is 0 Å². The molecule has 0 aliphatic heterocycles. The molecule has 0 aliphatic rings. The van der Waals surface area contributed by atoms with Gasteiger partial charge in [-0.3, -0.25) is 4.79 Å². The highest BCUT2D eigenvalue weighted by Gasteiger charge is 2.12. The lowest BCUT2D eigenvalue weighted by molar-refractivity contribution is -0.118. The number of carbonyl (C=O) groups is 1. The molecule has 0 saturated carbocycles. The van der Waals surface area contributed by atoms with Gasteiger partial charge in [0.05, 0.1) is 0 Å². The summed E-state index contributed by atoms with van der Waals surface area (Å²) in [5.41, 5.74) is 3.04. The third-order valence-electron chi connectivity index (χ3n) is 4.28. The van der Waals surface area contributed by atoms with Gasteiger partial charge in [-0.1, -0.05) is 57.2 Å². The largest absolute Gasteiger partial charge is 0.483 e. The van der Waals surface area contributed by atoms with E-state index < -0.39 is 0 Å². The van der Waals surface area contributed by atoms with Gasteiger partial charge in [-0.2, -0.15) is 0 Å². The van der Waals surface area contributed by atoms with Crippen LogP contribution >= 0.6 is 12.4 Å². The lowest BCUT2D eigenvalue weighted by atomic mass is 9.98. The number of nitrogens with one attached hydrogen (secondary N) is 2. The van der Waals surface area contributed by atoms with Crippen LogP contribution in [-0.2, 0) is 11.3 Å². The smallest absolute Gasteiger partial charge is 0.262 e. The van der Waals surface area contributed by atoms with Gasteiger partial charge < -0.3 is 15.4 Å². The molecular formula is C21H29ClN2O2. The molecule has 5 heteroatoms. The minimum Gasteiger partial charge on any atom is -0.483 e. The van der Waals surface area contributed by atoms with E-state index in [-0.39, 0.29) is 24.9 Å². The molecule has 2 aromatic rings. The number of para-hydroxylation sites is 2. The molecule has 2 aromatic carbocycles. The molecule has 0 heterocycles. The molecule has 4 nitrogen and oxygen atoms in total. The zero-order valence-electron chi connectivity index (χ0n) is 15.7. The van der Waals surface area contributed by atoms with Crippen LogP contribution in [0.15, 0.2) is 48.5 Å². The third kappa shape index (κ3) is 6.36. The number of ether oxygens (including phenoxy) is 1. The first kappa shape index (κ1) is 22.0. The van der Waals surface area contributed by atoms with Gasteiger partial charge in [0.2, 0.25) is 0 Å². The van der Waals surface area contributed by atoms with Crippen molar-refractivity contribution in [2.45, 2.75) is 39.7 Å². The van der Waals surface area contributed by atoms with E-state index in [2.05, 4.69) is 37.5 Å². The fourth-order valence-corrected chi connectivity index (χ4v) is 2.62. The molecule has 0 saturated heterocycles. The summed E-state index contributed by atoms with van der Waals surface area (Å²) in [6, 6.07) is 15.7. The van der Waals surface area contributed by atoms with Gasteiger partial charge in [0.25, 0.3) is 5.91 Å². The number of carbonyl (C=O) groups excluding carboxylic acids is 1. The Morgan fingerprint density at radius 1 is 1.08 bits per heavy atom. The first-order valence-corrected chi connectivity index (χ1v) is 8.95. The van der Waals surface area contributed by atoms with Gasteiger partial charge in [0.15, 0.2) is 6.61 Å². The Bertz CT molecular complexity index is 691. The van der Waals surface area contributed by atoms with Gasteiger partial charge in [0, 0.05) is 12.2 Å². The van der Waals surface area contributed by atoms with Crippen molar-refractivity contribution in [1.82, 2.24) is 5.32 Å². The minimum absolute atomic E-state index is 0. The molecule has 0 radical (unpaired) electrons. The number of hydrogen-bond donors (Lipinski definition) is 2. The lowest BCUT2D eigenvalue weighted by Gasteiger charge is -2.16. The van der Waals surface area contributed by atoms with Crippen molar-refractivity contribution < 1.29 is 9.53 Å². The number of rotatable bonds is 9. The van der Waals surface area contributed by atoms with Crippen molar-refractivity contribution in [3.63, 3.8) is 0 Å². The van der Waals surface area contributed by atoms with Crippen LogP contribution < -0.4 is 15.4 Å². The maximum absolute atomic E-state index is 12.3. The Balaban J connectivity index is 0.00000338. The Hall–Kier alpha value is -2.04. The zero-order valence-corrected chi connectivity index (χ0v) is 16.6. The predicted octanol–water partition coefficient (Wildman–Crippen LogP) is 4.75. The molecule has 1 amide bonds. The second-order valence-electron chi connectivity index (χ2n) is 6.12. The first-order valence-electron chi connectivity index (χ1n) is 8.95. The van der Waals surface area contributed by atoms with Crippen molar-refractivity contribution in [2.75, 3.05) is 18.5 Å². The number of anilines is 1. The highest BCUT2D eigenvalue weighted by Crippen LogP contribution is 2.28. The number of halogens is 1. The fraction of sp³-hybridized carbons (Fsp3) is 0.381. The first-order chi connectivity index (χ1) is 12.2. The summed E-state index contributed by atoms with van der Waals surface area (Å²) >= 11 is 0. The second kappa shape index (κ2) is 11.6. The molecule has 0 aliphatic carbocycles. The van der Waals surface area contributed by atoms with Crippen molar-refractivity contribution in [1.29, 1.82) is 0 Å². The normalized spacial score (nSPS) is 11.3. The molecule has 142 valence electrons. The molecule has 2 N–H and O–H groups in total. The predicted molar refractivity (Wildman–Crippen MR) is 110 cm³/mol. The van der Waals surface area contributed by atoms with Gasteiger partial charge in [0.1, 0.15) is 5.75 Å². The van der Waals surface area contributed by atoms with Crippen LogP contribution in [0.4, 0.5) is 5.69 Å². The monoisotopic (exact) mass is 376 g/mol. The molecule has 26 heavy (non-hydrogen) atoms. The van der Waals surface area contributed by atoms with Crippen molar-refractivity contribution in [2.24, 2.45) is 0 Å². The molecule has 0 bridgehead atoms. The van der Waals surface area contributed by atoms with Crippen molar-refractivity contribution >= 4 is 24.0 Å². The summed E-state index contributed by atoms with van der Waals surface area (Å²) in [6.07, 6.45) is 1.03. The van der Waals surface area contributed by atoms with E-state index in [1.54, 1.807) is 0 Å². The summed E-state index contributed by atoms with van der Waals surface area (Å²) in [4.78, 5) is 12.3. The molecule has 0 fully saturated rings. The maximum Gasteiger partial charge on any atom is 0.262 e. The van der Waals surface area contributed by atoms with Gasteiger partial charge >= 0.3 is 0 Å². The van der Waals surface area contributed by atoms with Crippen LogP contribution in [-0.4, -0.2) is 19.1 Å². The second-order valence-corrected chi connectivity index (χ2v) is 6.12. The summed E-state index contributed by atoms with van der Waals surface area (Å²) in [6.45, 7) is 7.99. The Morgan fingerprint density at radius 2 is 1.77 bits per heavy atom. The van der Waals surface area contributed by atoms with Crippen LogP contribution in [0, 0.1) is 0 Å². The van der Waals surface area contributed by atoms with E-state index in [1.807, 2.05) is 42.5 Å². The topological polar surface area (TPSA) is 50.4 Å². The summed E-state index contributed by atoms with van der Waals surface area (Å²) in [5.74, 6) is 1.04. The number of amides is 1.